The van der Waals surface area contributed by atoms with Crippen LogP contribution in [0.3, 0.4) is 0 Å². The Morgan fingerprint density at radius 2 is 2.12 bits per heavy atom. The Labute approximate surface area is 97.3 Å². The summed E-state index contributed by atoms with van der Waals surface area (Å²) in [6.07, 6.45) is 2.34. The van der Waals surface area contributed by atoms with Gasteiger partial charge in [-0.05, 0) is 51.1 Å². The second kappa shape index (κ2) is 4.71. The molecule has 0 spiro atoms. The summed E-state index contributed by atoms with van der Waals surface area (Å²) in [6, 6.07) is 8.85. The summed E-state index contributed by atoms with van der Waals surface area (Å²) in [5, 5.41) is 4.59. The van der Waals surface area contributed by atoms with Gasteiger partial charge in [0.1, 0.15) is 0 Å². The number of aromatic nitrogens is 1. The van der Waals surface area contributed by atoms with Crippen LogP contribution >= 0.6 is 0 Å². The van der Waals surface area contributed by atoms with Crippen molar-refractivity contribution in [3.8, 4) is 0 Å². The van der Waals surface area contributed by atoms with Gasteiger partial charge in [0.05, 0.1) is 0 Å². The third-order valence-corrected chi connectivity index (χ3v) is 3.26. The van der Waals surface area contributed by atoms with Gasteiger partial charge in [0.15, 0.2) is 0 Å². The normalized spacial score (nSPS) is 11.2. The van der Waals surface area contributed by atoms with E-state index in [4.69, 9.17) is 0 Å². The number of aryl methyl sites for hydroxylation is 3. The van der Waals surface area contributed by atoms with E-state index < -0.39 is 0 Å². The monoisotopic (exact) mass is 216 g/mol. The molecular formula is C14H20N2. The lowest BCUT2D eigenvalue weighted by Gasteiger charge is -2.03. The molecule has 0 aliphatic heterocycles. The first-order valence-corrected chi connectivity index (χ1v) is 5.92. The molecule has 0 radical (unpaired) electrons. The molecule has 86 valence electrons. The van der Waals surface area contributed by atoms with Crippen LogP contribution in [0, 0.1) is 6.92 Å². The molecule has 0 saturated carbocycles. The highest BCUT2D eigenvalue weighted by Gasteiger charge is 2.06. The van der Waals surface area contributed by atoms with Crippen LogP contribution in [-0.2, 0) is 13.5 Å². The van der Waals surface area contributed by atoms with Gasteiger partial charge in [-0.25, -0.2) is 0 Å². The molecule has 0 atom stereocenters. The molecule has 0 aliphatic carbocycles. The fourth-order valence-electron chi connectivity index (χ4n) is 2.25. The largest absolute Gasteiger partial charge is 0.348 e. The third-order valence-electron chi connectivity index (χ3n) is 3.26. The number of benzene rings is 1. The number of hydrogen-bond donors (Lipinski definition) is 1. The summed E-state index contributed by atoms with van der Waals surface area (Å²) in [4.78, 5) is 0. The Balaban J connectivity index is 2.33. The van der Waals surface area contributed by atoms with Crippen LogP contribution < -0.4 is 5.32 Å². The van der Waals surface area contributed by atoms with E-state index in [0.717, 1.165) is 13.0 Å². The molecule has 0 bridgehead atoms. The van der Waals surface area contributed by atoms with Gasteiger partial charge in [0, 0.05) is 23.6 Å². The minimum Gasteiger partial charge on any atom is -0.348 e. The second-order valence-electron chi connectivity index (χ2n) is 4.41. The van der Waals surface area contributed by atoms with E-state index in [0.29, 0.717) is 0 Å². The lowest BCUT2D eigenvalue weighted by molar-refractivity contribution is 0.699. The molecule has 0 fully saturated rings. The average Bonchev–Trinajstić information content (AvgIpc) is 2.59. The Hall–Kier alpha value is -1.28. The van der Waals surface area contributed by atoms with E-state index in [1.807, 2.05) is 7.05 Å². The maximum absolute atomic E-state index is 3.19. The Morgan fingerprint density at radius 1 is 1.31 bits per heavy atom. The Bertz CT molecular complexity index is 483. The number of rotatable bonds is 4. The van der Waals surface area contributed by atoms with E-state index in [1.165, 1.54) is 28.6 Å². The molecule has 0 unspecified atom stereocenters. The Kier molecular flexibility index (Phi) is 3.30. The molecule has 1 heterocycles. The SMILES string of the molecule is CNCCCc1cc2c(C)cccc2n1C. The van der Waals surface area contributed by atoms with Gasteiger partial charge in [-0.1, -0.05) is 12.1 Å². The van der Waals surface area contributed by atoms with Crippen LogP contribution in [0.2, 0.25) is 0 Å². The van der Waals surface area contributed by atoms with Crippen molar-refractivity contribution in [1.82, 2.24) is 9.88 Å². The van der Waals surface area contributed by atoms with E-state index in [9.17, 15) is 0 Å². The predicted octanol–water partition coefficient (Wildman–Crippen LogP) is 2.64. The van der Waals surface area contributed by atoms with Crippen molar-refractivity contribution >= 4 is 10.9 Å². The van der Waals surface area contributed by atoms with E-state index >= 15 is 0 Å². The molecule has 1 aromatic carbocycles. The minimum atomic E-state index is 1.08. The van der Waals surface area contributed by atoms with Crippen molar-refractivity contribution in [2.75, 3.05) is 13.6 Å². The highest BCUT2D eigenvalue weighted by atomic mass is 14.9. The third kappa shape index (κ3) is 1.98. The quantitative estimate of drug-likeness (QED) is 0.777. The van der Waals surface area contributed by atoms with Gasteiger partial charge in [-0.3, -0.25) is 0 Å². The molecular weight excluding hydrogens is 196 g/mol. The first-order chi connectivity index (χ1) is 7.74. The van der Waals surface area contributed by atoms with Gasteiger partial charge in [0.2, 0.25) is 0 Å². The summed E-state index contributed by atoms with van der Waals surface area (Å²) in [6.45, 7) is 3.26. The van der Waals surface area contributed by atoms with E-state index in [-0.39, 0.29) is 0 Å². The maximum atomic E-state index is 3.19. The smallest absolute Gasteiger partial charge is 0.0482 e. The number of fused-ring (bicyclic) bond motifs is 1. The molecule has 2 rings (SSSR count). The number of nitrogens with zero attached hydrogens (tertiary/aromatic N) is 1. The van der Waals surface area contributed by atoms with Crippen molar-refractivity contribution in [3.05, 3.63) is 35.5 Å². The summed E-state index contributed by atoms with van der Waals surface area (Å²) in [5.41, 5.74) is 4.15. The highest BCUT2D eigenvalue weighted by Crippen LogP contribution is 2.22. The second-order valence-corrected chi connectivity index (χ2v) is 4.41. The first kappa shape index (κ1) is 11.2. The van der Waals surface area contributed by atoms with Gasteiger partial charge in [-0.15, -0.1) is 0 Å². The number of nitrogens with one attached hydrogen (secondary N) is 1. The zero-order valence-electron chi connectivity index (χ0n) is 10.4. The van der Waals surface area contributed by atoms with Crippen LogP contribution in [0.5, 0.6) is 0 Å². The topological polar surface area (TPSA) is 17.0 Å². The highest BCUT2D eigenvalue weighted by molar-refractivity contribution is 5.84. The molecule has 1 N–H and O–H groups in total. The minimum absolute atomic E-state index is 1.08. The maximum Gasteiger partial charge on any atom is 0.0482 e. The molecule has 0 saturated heterocycles. The fraction of sp³-hybridized carbons (Fsp3) is 0.429. The molecule has 0 aliphatic rings. The molecule has 1 aromatic heterocycles. The molecule has 0 amide bonds. The summed E-state index contributed by atoms with van der Waals surface area (Å²) < 4.78 is 2.32. The average molecular weight is 216 g/mol. The van der Waals surface area contributed by atoms with Crippen LogP contribution in [-0.4, -0.2) is 18.2 Å². The molecule has 2 heteroatoms. The van der Waals surface area contributed by atoms with Crippen molar-refractivity contribution in [2.45, 2.75) is 19.8 Å². The molecule has 16 heavy (non-hydrogen) atoms. The van der Waals surface area contributed by atoms with Gasteiger partial charge >= 0.3 is 0 Å². The number of hydrogen-bond acceptors (Lipinski definition) is 1. The van der Waals surface area contributed by atoms with Gasteiger partial charge in [-0.2, -0.15) is 0 Å². The summed E-state index contributed by atoms with van der Waals surface area (Å²) in [7, 11) is 4.17. The summed E-state index contributed by atoms with van der Waals surface area (Å²) in [5.74, 6) is 0. The fourth-order valence-corrected chi connectivity index (χ4v) is 2.25. The van der Waals surface area contributed by atoms with Crippen molar-refractivity contribution < 1.29 is 0 Å². The first-order valence-electron chi connectivity index (χ1n) is 5.92. The zero-order chi connectivity index (χ0) is 11.5. The Morgan fingerprint density at radius 3 is 2.81 bits per heavy atom. The van der Waals surface area contributed by atoms with Crippen molar-refractivity contribution in [2.24, 2.45) is 7.05 Å². The lowest BCUT2D eigenvalue weighted by atomic mass is 10.1. The molecule has 2 nitrogen and oxygen atoms in total. The summed E-state index contributed by atoms with van der Waals surface area (Å²) >= 11 is 0. The van der Waals surface area contributed by atoms with E-state index in [2.05, 4.69) is 48.1 Å². The van der Waals surface area contributed by atoms with Gasteiger partial charge in [0.25, 0.3) is 0 Å². The van der Waals surface area contributed by atoms with Crippen LogP contribution in [0.25, 0.3) is 10.9 Å². The zero-order valence-corrected chi connectivity index (χ0v) is 10.4. The van der Waals surface area contributed by atoms with Crippen molar-refractivity contribution in [3.63, 3.8) is 0 Å². The lowest BCUT2D eigenvalue weighted by Crippen LogP contribution is -2.09. The van der Waals surface area contributed by atoms with Crippen molar-refractivity contribution in [1.29, 1.82) is 0 Å². The van der Waals surface area contributed by atoms with E-state index in [1.54, 1.807) is 0 Å². The molecule has 2 aromatic rings. The van der Waals surface area contributed by atoms with Crippen LogP contribution in [0.15, 0.2) is 24.3 Å². The van der Waals surface area contributed by atoms with Crippen LogP contribution in [0.1, 0.15) is 17.7 Å². The standard InChI is InChI=1S/C14H20N2/c1-11-6-4-8-14-13(11)10-12(16(14)3)7-5-9-15-2/h4,6,8,10,15H,5,7,9H2,1-3H3. The predicted molar refractivity (Wildman–Crippen MR) is 69.9 cm³/mol. The van der Waals surface area contributed by atoms with Crippen LogP contribution in [0.4, 0.5) is 0 Å². The van der Waals surface area contributed by atoms with Gasteiger partial charge < -0.3 is 9.88 Å².